The number of hydrogen-bond donors (Lipinski definition) is 4. The largest absolute Gasteiger partial charge is 0.369 e. The van der Waals surface area contributed by atoms with Gasteiger partial charge < -0.3 is 21.7 Å². The van der Waals surface area contributed by atoms with Crippen molar-refractivity contribution in [3.63, 3.8) is 0 Å². The lowest BCUT2D eigenvalue weighted by molar-refractivity contribution is 1.01. The van der Waals surface area contributed by atoms with Crippen LogP contribution in [0.2, 0.25) is 15.2 Å². The summed E-state index contributed by atoms with van der Waals surface area (Å²) in [5.41, 5.74) is 11.7. The van der Waals surface area contributed by atoms with Crippen LogP contribution < -0.4 is 21.7 Å². The molecule has 4 aromatic heterocycles. The van der Waals surface area contributed by atoms with E-state index >= 15 is 0 Å². The molecule has 0 aliphatic heterocycles. The SMILES string of the molecule is Cc1nc(-c2ccccc2Cl)nc(Cl)c1C.Cc1nc(-c2ccccc2Cl)nc(NCCNc2ccc(C#N)cn2)c1C.[C-]#[N+]c1ccc(NCCN)nc1. The topological polar surface area (TPSA) is 168 Å². The summed E-state index contributed by atoms with van der Waals surface area (Å²) in [6, 6.07) is 24.1. The van der Waals surface area contributed by atoms with Gasteiger partial charge in [0.2, 0.25) is 5.69 Å². The number of pyridine rings is 2. The van der Waals surface area contributed by atoms with Crippen molar-refractivity contribution in [2.45, 2.75) is 27.7 Å². The molecule has 0 saturated carbocycles. The molecular weight excluding hydrogens is 755 g/mol. The number of anilines is 3. The fraction of sp³-hybridized carbons (Fsp3) is 0.200. The van der Waals surface area contributed by atoms with Crippen molar-refractivity contribution in [1.29, 1.82) is 5.26 Å². The van der Waals surface area contributed by atoms with Crippen molar-refractivity contribution >= 4 is 57.9 Å². The van der Waals surface area contributed by atoms with Gasteiger partial charge in [-0.15, -0.1) is 0 Å². The third kappa shape index (κ3) is 12.3. The van der Waals surface area contributed by atoms with E-state index < -0.39 is 0 Å². The number of rotatable bonds is 10. The maximum atomic E-state index is 8.80. The zero-order valence-corrected chi connectivity index (χ0v) is 33.0. The lowest BCUT2D eigenvalue weighted by atomic mass is 10.2. The minimum Gasteiger partial charge on any atom is -0.369 e. The van der Waals surface area contributed by atoms with E-state index in [1.807, 2.05) is 76.2 Å². The van der Waals surface area contributed by atoms with E-state index in [1.54, 1.807) is 30.5 Å². The van der Waals surface area contributed by atoms with Crippen LogP contribution in [0.3, 0.4) is 0 Å². The molecule has 0 aliphatic rings. The van der Waals surface area contributed by atoms with Crippen molar-refractivity contribution in [1.82, 2.24) is 29.9 Å². The Kier molecular flexibility index (Phi) is 16.1. The fourth-order valence-corrected chi connectivity index (χ4v) is 5.27. The first-order chi connectivity index (χ1) is 26.5. The van der Waals surface area contributed by atoms with Gasteiger partial charge in [0.05, 0.1) is 22.2 Å². The lowest BCUT2D eigenvalue weighted by Crippen LogP contribution is -2.16. The monoisotopic (exact) mass is 792 g/mol. The lowest BCUT2D eigenvalue weighted by Gasteiger charge is -2.13. The van der Waals surface area contributed by atoms with Crippen LogP contribution in [0.15, 0.2) is 85.2 Å². The number of benzene rings is 2. The molecule has 6 aromatic rings. The number of hydrogen-bond acceptors (Lipinski definition) is 11. The number of nitrogens with one attached hydrogen (secondary N) is 3. The van der Waals surface area contributed by atoms with Gasteiger partial charge in [-0.25, -0.2) is 29.8 Å². The normalized spacial score (nSPS) is 10.1. The van der Waals surface area contributed by atoms with Gasteiger partial charge in [-0.05, 0) is 70.2 Å². The van der Waals surface area contributed by atoms with Gasteiger partial charge in [0, 0.05) is 72.2 Å². The van der Waals surface area contributed by atoms with Crippen LogP contribution in [0, 0.1) is 45.6 Å². The average molecular weight is 794 g/mol. The Morgan fingerprint density at radius 2 is 1.22 bits per heavy atom. The molecule has 5 N–H and O–H groups in total. The zero-order chi connectivity index (χ0) is 39.7. The molecule has 55 heavy (non-hydrogen) atoms. The van der Waals surface area contributed by atoms with Crippen LogP contribution >= 0.6 is 34.8 Å². The molecule has 0 unspecified atom stereocenters. The molecule has 0 saturated heterocycles. The summed E-state index contributed by atoms with van der Waals surface area (Å²) in [6.07, 6.45) is 3.08. The predicted molar refractivity (Wildman–Crippen MR) is 223 cm³/mol. The van der Waals surface area contributed by atoms with Crippen LogP contribution in [-0.4, -0.2) is 56.1 Å². The Morgan fingerprint density at radius 1 is 0.673 bits per heavy atom. The fourth-order valence-electron chi connectivity index (χ4n) is 4.61. The highest BCUT2D eigenvalue weighted by Gasteiger charge is 2.12. The molecule has 280 valence electrons. The Labute approximate surface area is 336 Å². The molecule has 0 fully saturated rings. The van der Waals surface area contributed by atoms with Crippen LogP contribution in [0.25, 0.3) is 27.6 Å². The van der Waals surface area contributed by atoms with Crippen LogP contribution in [0.4, 0.5) is 23.1 Å². The molecule has 0 atom stereocenters. The zero-order valence-electron chi connectivity index (χ0n) is 30.7. The minimum absolute atomic E-state index is 0.474. The number of aryl methyl sites for hydroxylation is 2. The summed E-state index contributed by atoms with van der Waals surface area (Å²) in [6.45, 7) is 17.0. The molecule has 6 rings (SSSR count). The summed E-state index contributed by atoms with van der Waals surface area (Å²) >= 11 is 18.4. The Balaban J connectivity index is 0.000000203. The van der Waals surface area contributed by atoms with E-state index in [0.717, 1.165) is 51.1 Å². The molecule has 2 aromatic carbocycles. The average Bonchev–Trinajstić information content (AvgIpc) is 3.20. The summed E-state index contributed by atoms with van der Waals surface area (Å²) in [5.74, 6) is 3.44. The molecule has 0 aliphatic carbocycles. The Hall–Kier alpha value is -5.89. The second kappa shape index (κ2) is 21.1. The third-order valence-electron chi connectivity index (χ3n) is 7.89. The highest BCUT2D eigenvalue weighted by molar-refractivity contribution is 6.33. The Bertz CT molecular complexity index is 2250. The van der Waals surface area contributed by atoms with Crippen LogP contribution in [0.5, 0.6) is 0 Å². The van der Waals surface area contributed by atoms with E-state index in [1.165, 1.54) is 6.20 Å². The quantitative estimate of drug-likeness (QED) is 0.0593. The van der Waals surface area contributed by atoms with Crippen LogP contribution in [0.1, 0.15) is 28.1 Å². The van der Waals surface area contributed by atoms with Gasteiger partial charge in [-0.2, -0.15) is 5.26 Å². The molecular formula is C40H39Cl3N12. The highest BCUT2D eigenvalue weighted by atomic mass is 35.5. The van der Waals surface area contributed by atoms with E-state index in [0.29, 0.717) is 64.3 Å². The molecule has 12 nitrogen and oxygen atoms in total. The van der Waals surface area contributed by atoms with E-state index in [-0.39, 0.29) is 0 Å². The van der Waals surface area contributed by atoms with Crippen molar-refractivity contribution in [3.05, 3.63) is 140 Å². The van der Waals surface area contributed by atoms with Gasteiger partial charge in [-0.3, -0.25) is 4.98 Å². The third-order valence-corrected chi connectivity index (χ3v) is 8.92. The molecule has 0 spiro atoms. The van der Waals surface area contributed by atoms with Gasteiger partial charge in [0.25, 0.3) is 0 Å². The van der Waals surface area contributed by atoms with Gasteiger partial charge >= 0.3 is 0 Å². The smallest absolute Gasteiger partial charge is 0.205 e. The van der Waals surface area contributed by atoms with E-state index in [4.69, 9.17) is 52.4 Å². The number of halogens is 3. The number of aromatic nitrogens is 6. The molecule has 15 heteroatoms. The second-order valence-electron chi connectivity index (χ2n) is 11.7. The summed E-state index contributed by atoms with van der Waals surface area (Å²) in [4.78, 5) is 29.3. The summed E-state index contributed by atoms with van der Waals surface area (Å²) in [7, 11) is 0. The van der Waals surface area contributed by atoms with Crippen molar-refractivity contribution in [3.8, 4) is 28.8 Å². The highest BCUT2D eigenvalue weighted by Crippen LogP contribution is 2.28. The summed E-state index contributed by atoms with van der Waals surface area (Å²) < 4.78 is 0. The first-order valence-corrected chi connectivity index (χ1v) is 18.1. The minimum atomic E-state index is 0.474. The van der Waals surface area contributed by atoms with Gasteiger partial charge in [0.15, 0.2) is 11.6 Å². The number of nitriles is 1. The predicted octanol–water partition coefficient (Wildman–Crippen LogP) is 9.27. The van der Waals surface area contributed by atoms with Crippen molar-refractivity contribution in [2.75, 3.05) is 42.1 Å². The number of nitrogens with two attached hydrogens (primary N) is 1. The standard InChI is InChI=1S/C20H19ClN6.C12H10Cl2N2.C8H10N4/c1-13-14(2)26-20(16-5-3-4-6-17(16)21)27-19(13)24-10-9-23-18-8-7-15(11-22)12-25-18;1-7-8(2)15-12(16-11(7)14)9-5-3-4-6-10(9)13;1-10-7-2-3-8(12-6-7)11-5-4-9/h3-8,12H,9-10H2,1-2H3,(H,23,25)(H,24,26,27);3-6H,1-2H3;2-3,6H,4-5,9H2,(H,11,12). The van der Waals surface area contributed by atoms with Crippen LogP contribution in [-0.2, 0) is 0 Å². The Morgan fingerprint density at radius 3 is 1.73 bits per heavy atom. The number of nitrogens with zero attached hydrogens (tertiary/aromatic N) is 8. The van der Waals surface area contributed by atoms with Crippen molar-refractivity contribution < 1.29 is 0 Å². The molecule has 0 radical (unpaired) electrons. The van der Waals surface area contributed by atoms with Crippen molar-refractivity contribution in [2.24, 2.45) is 5.73 Å². The van der Waals surface area contributed by atoms with E-state index in [2.05, 4.69) is 56.8 Å². The molecule has 0 amide bonds. The molecule has 0 bridgehead atoms. The maximum Gasteiger partial charge on any atom is 0.205 e. The summed E-state index contributed by atoms with van der Waals surface area (Å²) in [5, 5.41) is 20.1. The van der Waals surface area contributed by atoms with E-state index in [9.17, 15) is 0 Å². The second-order valence-corrected chi connectivity index (χ2v) is 12.9. The molecule has 4 heterocycles. The van der Waals surface area contributed by atoms with Gasteiger partial charge in [-0.1, -0.05) is 65.1 Å². The maximum absolute atomic E-state index is 8.80. The van der Waals surface area contributed by atoms with Gasteiger partial charge in [0.1, 0.15) is 28.7 Å². The first kappa shape index (κ1) is 41.9. The first-order valence-electron chi connectivity index (χ1n) is 17.0.